The number of rotatable bonds is 1. The number of benzene rings is 1. The molecular weight excluding hydrogens is 378 g/mol. The van der Waals surface area contributed by atoms with Gasteiger partial charge in [-0.05, 0) is 49.1 Å². The largest absolute Gasteiger partial charge is 0.329 e. The topological polar surface area (TPSA) is 20.3 Å². The van der Waals surface area contributed by atoms with Crippen LogP contribution in [0.4, 0.5) is 0 Å². The number of nitrogens with zero attached hydrogens (tertiary/aromatic N) is 1. The van der Waals surface area contributed by atoms with Gasteiger partial charge in [0.05, 0.1) is 8.66 Å². The first-order valence-electron chi connectivity index (χ1n) is 5.46. The van der Waals surface area contributed by atoms with Crippen molar-refractivity contribution in [3.63, 3.8) is 0 Å². The van der Waals surface area contributed by atoms with Gasteiger partial charge in [-0.25, -0.2) is 0 Å². The lowest BCUT2D eigenvalue weighted by molar-refractivity contribution is 0.0756. The van der Waals surface area contributed by atoms with Gasteiger partial charge in [-0.3, -0.25) is 4.79 Å². The minimum atomic E-state index is 0.0996. The number of carbonyl (C=O) groups is 1. The monoisotopic (exact) mass is 385 g/mol. The molecule has 0 fully saturated rings. The van der Waals surface area contributed by atoms with E-state index in [9.17, 15) is 4.79 Å². The summed E-state index contributed by atoms with van der Waals surface area (Å²) in [4.78, 5) is 15.0. The maximum absolute atomic E-state index is 12.4. The van der Waals surface area contributed by atoms with Crippen LogP contribution in [0.3, 0.4) is 0 Å². The maximum atomic E-state index is 12.4. The molecule has 0 saturated carbocycles. The van der Waals surface area contributed by atoms with Crippen molar-refractivity contribution in [1.29, 1.82) is 0 Å². The lowest BCUT2D eigenvalue weighted by Gasteiger charge is -2.13. The number of halogens is 2. The summed E-state index contributed by atoms with van der Waals surface area (Å²) in [5.74, 6) is 0.0996. The third-order valence-electron chi connectivity index (χ3n) is 2.98. The Labute approximate surface area is 126 Å². The number of hydrogen-bond donors (Lipinski definition) is 0. The van der Waals surface area contributed by atoms with Crippen LogP contribution in [0.1, 0.15) is 20.8 Å². The summed E-state index contributed by atoms with van der Waals surface area (Å²) in [5.41, 5.74) is 2.50. The Hall–Kier alpha value is -0.650. The van der Waals surface area contributed by atoms with Gasteiger partial charge >= 0.3 is 0 Å². The highest BCUT2D eigenvalue weighted by molar-refractivity contribution is 9.13. The minimum absolute atomic E-state index is 0.0996. The van der Waals surface area contributed by atoms with Crippen molar-refractivity contribution < 1.29 is 4.79 Å². The van der Waals surface area contributed by atoms with Crippen molar-refractivity contribution in [3.05, 3.63) is 54.6 Å². The molecular formula is C13H9Br2NOS. The first kappa shape index (κ1) is 12.4. The molecule has 0 aliphatic carbocycles. The quantitative estimate of drug-likeness (QED) is 0.709. The summed E-state index contributed by atoms with van der Waals surface area (Å²) in [7, 11) is 0. The first-order valence-corrected chi connectivity index (χ1v) is 7.86. The Morgan fingerprint density at radius 2 is 1.78 bits per heavy atom. The lowest BCUT2D eigenvalue weighted by atomic mass is 10.1. The molecule has 1 aliphatic rings. The fraction of sp³-hybridized carbons (Fsp3) is 0.154. The van der Waals surface area contributed by atoms with E-state index in [1.807, 2.05) is 23.1 Å². The Morgan fingerprint density at radius 3 is 2.28 bits per heavy atom. The average Bonchev–Trinajstić information content (AvgIpc) is 2.93. The molecule has 18 heavy (non-hydrogen) atoms. The molecule has 0 radical (unpaired) electrons. The molecule has 2 aromatic rings. The van der Waals surface area contributed by atoms with Gasteiger partial charge in [-0.1, -0.05) is 24.3 Å². The van der Waals surface area contributed by atoms with E-state index in [1.54, 1.807) is 0 Å². The highest BCUT2D eigenvalue weighted by Gasteiger charge is 2.25. The molecule has 1 aromatic heterocycles. The molecule has 0 unspecified atom stereocenters. The second-order valence-corrected chi connectivity index (χ2v) is 7.39. The van der Waals surface area contributed by atoms with Gasteiger partial charge in [-0.2, -0.15) is 0 Å². The van der Waals surface area contributed by atoms with E-state index in [1.165, 1.54) is 22.5 Å². The van der Waals surface area contributed by atoms with E-state index >= 15 is 0 Å². The number of amides is 1. The van der Waals surface area contributed by atoms with Crippen molar-refractivity contribution in [2.75, 3.05) is 0 Å². The van der Waals surface area contributed by atoms with Gasteiger partial charge in [-0.15, -0.1) is 11.3 Å². The highest BCUT2D eigenvalue weighted by Crippen LogP contribution is 2.34. The van der Waals surface area contributed by atoms with Gasteiger partial charge in [0.15, 0.2) is 0 Å². The Bertz CT molecular complexity index is 579. The van der Waals surface area contributed by atoms with Crippen LogP contribution in [-0.4, -0.2) is 10.8 Å². The van der Waals surface area contributed by atoms with E-state index in [0.29, 0.717) is 13.1 Å². The minimum Gasteiger partial charge on any atom is -0.329 e. The summed E-state index contributed by atoms with van der Waals surface area (Å²) in [6.45, 7) is 1.42. The smallest absolute Gasteiger partial charge is 0.264 e. The van der Waals surface area contributed by atoms with Gasteiger partial charge < -0.3 is 4.90 Å². The van der Waals surface area contributed by atoms with Crippen molar-refractivity contribution in [1.82, 2.24) is 4.90 Å². The Balaban J connectivity index is 1.84. The van der Waals surface area contributed by atoms with Crippen LogP contribution in [0.25, 0.3) is 0 Å². The number of thiophene rings is 1. The number of hydrogen-bond acceptors (Lipinski definition) is 2. The molecule has 0 saturated heterocycles. The molecule has 2 nitrogen and oxygen atoms in total. The third-order valence-corrected chi connectivity index (χ3v) is 6.23. The molecule has 0 atom stereocenters. The number of carbonyl (C=O) groups excluding carboxylic acids is 1. The second kappa shape index (κ2) is 4.79. The van der Waals surface area contributed by atoms with Crippen LogP contribution in [0.2, 0.25) is 0 Å². The molecule has 3 rings (SSSR count). The van der Waals surface area contributed by atoms with Gasteiger partial charge in [0.1, 0.15) is 0 Å². The van der Waals surface area contributed by atoms with Gasteiger partial charge in [0, 0.05) is 17.6 Å². The number of fused-ring (bicyclic) bond motifs is 1. The lowest BCUT2D eigenvalue weighted by Crippen LogP contribution is -2.24. The van der Waals surface area contributed by atoms with Crippen molar-refractivity contribution in [3.8, 4) is 0 Å². The standard InChI is InChI=1S/C13H9Br2NOS/c14-10-5-11(18-12(10)15)13(17)16-6-8-3-1-2-4-9(8)7-16/h1-5H,6-7H2. The fourth-order valence-corrected chi connectivity index (χ4v) is 4.09. The van der Waals surface area contributed by atoms with Crippen LogP contribution >= 0.6 is 43.2 Å². The van der Waals surface area contributed by atoms with Crippen LogP contribution in [0.15, 0.2) is 38.6 Å². The van der Waals surface area contributed by atoms with E-state index in [0.717, 1.165) is 13.1 Å². The SMILES string of the molecule is O=C(c1cc(Br)c(Br)s1)N1Cc2ccccc2C1. The summed E-state index contributed by atoms with van der Waals surface area (Å²) in [6, 6.07) is 10.1. The van der Waals surface area contributed by atoms with Gasteiger partial charge in [0.25, 0.3) is 5.91 Å². The zero-order valence-electron chi connectivity index (χ0n) is 9.32. The van der Waals surface area contributed by atoms with E-state index in [4.69, 9.17) is 0 Å². The maximum Gasteiger partial charge on any atom is 0.264 e. The van der Waals surface area contributed by atoms with E-state index in [-0.39, 0.29) is 5.91 Å². The van der Waals surface area contributed by atoms with Crippen molar-refractivity contribution >= 4 is 49.1 Å². The predicted octanol–water partition coefficient (Wildman–Crippen LogP) is 4.43. The molecule has 1 amide bonds. The first-order chi connectivity index (χ1) is 8.65. The second-order valence-electron chi connectivity index (χ2n) is 4.16. The van der Waals surface area contributed by atoms with E-state index < -0.39 is 0 Å². The molecule has 92 valence electrons. The summed E-state index contributed by atoms with van der Waals surface area (Å²) in [6.07, 6.45) is 0. The van der Waals surface area contributed by atoms with E-state index in [2.05, 4.69) is 44.0 Å². The van der Waals surface area contributed by atoms with Crippen LogP contribution in [0, 0.1) is 0 Å². The molecule has 2 heterocycles. The molecule has 1 aromatic carbocycles. The van der Waals surface area contributed by atoms with Crippen LogP contribution in [-0.2, 0) is 13.1 Å². The summed E-state index contributed by atoms with van der Waals surface area (Å²) in [5, 5.41) is 0. The van der Waals surface area contributed by atoms with Crippen LogP contribution < -0.4 is 0 Å². The predicted molar refractivity (Wildman–Crippen MR) is 79.7 cm³/mol. The van der Waals surface area contributed by atoms with Crippen molar-refractivity contribution in [2.24, 2.45) is 0 Å². The summed E-state index contributed by atoms with van der Waals surface area (Å²) >= 11 is 8.30. The molecule has 0 bridgehead atoms. The fourth-order valence-electron chi connectivity index (χ4n) is 2.08. The zero-order chi connectivity index (χ0) is 12.7. The van der Waals surface area contributed by atoms with Gasteiger partial charge in [0.2, 0.25) is 0 Å². The highest BCUT2D eigenvalue weighted by atomic mass is 79.9. The summed E-state index contributed by atoms with van der Waals surface area (Å²) < 4.78 is 1.90. The average molecular weight is 387 g/mol. The Kier molecular flexibility index (Phi) is 3.30. The molecule has 0 N–H and O–H groups in total. The molecule has 5 heteroatoms. The molecule has 1 aliphatic heterocycles. The zero-order valence-corrected chi connectivity index (χ0v) is 13.3. The normalized spacial score (nSPS) is 13.8. The molecule has 0 spiro atoms. The Morgan fingerprint density at radius 1 is 1.17 bits per heavy atom. The van der Waals surface area contributed by atoms with Crippen molar-refractivity contribution in [2.45, 2.75) is 13.1 Å². The third kappa shape index (κ3) is 2.15. The van der Waals surface area contributed by atoms with Crippen LogP contribution in [0.5, 0.6) is 0 Å².